The molecule has 0 spiro atoms. The van der Waals surface area contributed by atoms with E-state index in [4.69, 9.17) is 4.98 Å². The zero-order valence-electron chi connectivity index (χ0n) is 17.9. The zero-order valence-corrected chi connectivity index (χ0v) is 17.9. The number of carbonyl (C=O) groups excluding carboxylic acids is 1. The van der Waals surface area contributed by atoms with Crippen molar-refractivity contribution in [3.8, 4) is 0 Å². The third kappa shape index (κ3) is 3.81. The average molecular weight is 421 g/mol. The lowest BCUT2D eigenvalue weighted by molar-refractivity contribution is 0.0907. The van der Waals surface area contributed by atoms with Crippen LogP contribution in [0, 0.1) is 5.92 Å². The minimum absolute atomic E-state index is 0.0645. The minimum Gasteiger partial charge on any atom is -0.369 e. The van der Waals surface area contributed by atoms with Gasteiger partial charge in [-0.1, -0.05) is 13.8 Å². The highest BCUT2D eigenvalue weighted by Gasteiger charge is 2.29. The molecule has 9 nitrogen and oxygen atoms in total. The molecule has 9 heteroatoms. The first kappa shape index (κ1) is 19.7. The predicted molar refractivity (Wildman–Crippen MR) is 121 cm³/mol. The first-order valence-electron chi connectivity index (χ1n) is 10.9. The molecule has 162 valence electrons. The second-order valence-electron chi connectivity index (χ2n) is 8.51. The summed E-state index contributed by atoms with van der Waals surface area (Å²) in [5.41, 5.74) is 2.53. The van der Waals surface area contributed by atoms with Gasteiger partial charge in [0, 0.05) is 37.8 Å². The summed E-state index contributed by atoms with van der Waals surface area (Å²) in [6.07, 6.45) is 4.79. The maximum atomic E-state index is 12.4. The van der Waals surface area contributed by atoms with E-state index in [1.165, 1.54) is 0 Å². The van der Waals surface area contributed by atoms with E-state index in [0.29, 0.717) is 29.9 Å². The van der Waals surface area contributed by atoms with E-state index >= 15 is 0 Å². The van der Waals surface area contributed by atoms with Crippen LogP contribution >= 0.6 is 0 Å². The Hall–Kier alpha value is -3.20. The lowest BCUT2D eigenvalue weighted by atomic mass is 10.0. The van der Waals surface area contributed by atoms with Gasteiger partial charge in [-0.3, -0.25) is 4.79 Å². The maximum Gasteiger partial charge on any atom is 0.268 e. The predicted octanol–water partition coefficient (Wildman–Crippen LogP) is 2.31. The van der Waals surface area contributed by atoms with E-state index in [0.717, 1.165) is 49.3 Å². The lowest BCUT2D eigenvalue weighted by Crippen LogP contribution is -2.40. The van der Waals surface area contributed by atoms with Gasteiger partial charge < -0.3 is 25.4 Å². The summed E-state index contributed by atoms with van der Waals surface area (Å²) in [5.74, 6) is 1.47. The quantitative estimate of drug-likeness (QED) is 0.596. The van der Waals surface area contributed by atoms with E-state index in [9.17, 15) is 4.79 Å². The summed E-state index contributed by atoms with van der Waals surface area (Å²) in [7, 11) is 0. The van der Waals surface area contributed by atoms with Gasteiger partial charge in [0.25, 0.3) is 5.91 Å². The largest absolute Gasteiger partial charge is 0.369 e. The van der Waals surface area contributed by atoms with Crippen molar-refractivity contribution in [1.29, 1.82) is 0 Å². The molecule has 3 aromatic heterocycles. The Balaban J connectivity index is 1.41. The number of hydrogen-bond donors (Lipinski definition) is 3. The van der Waals surface area contributed by atoms with Crippen molar-refractivity contribution in [2.75, 3.05) is 42.9 Å². The Bertz CT molecular complexity index is 1080. The molecule has 2 aliphatic heterocycles. The number of rotatable bonds is 4. The molecule has 5 heterocycles. The van der Waals surface area contributed by atoms with Crippen LogP contribution in [-0.4, -0.2) is 58.1 Å². The molecule has 0 bridgehead atoms. The molecular formula is C22H28N8O. The highest BCUT2D eigenvalue weighted by atomic mass is 16.2. The van der Waals surface area contributed by atoms with Crippen molar-refractivity contribution in [1.82, 2.24) is 30.2 Å². The third-order valence-electron chi connectivity index (χ3n) is 6.07. The first-order valence-corrected chi connectivity index (χ1v) is 10.9. The van der Waals surface area contributed by atoms with Crippen LogP contribution in [0.2, 0.25) is 0 Å². The van der Waals surface area contributed by atoms with Gasteiger partial charge in [0.15, 0.2) is 0 Å². The van der Waals surface area contributed by atoms with Gasteiger partial charge in [0.1, 0.15) is 17.2 Å². The molecule has 1 saturated heterocycles. The Kier molecular flexibility index (Phi) is 5.19. The van der Waals surface area contributed by atoms with Crippen molar-refractivity contribution in [3.05, 3.63) is 36.3 Å². The molecule has 3 N–H and O–H groups in total. The Morgan fingerprint density at radius 3 is 2.87 bits per heavy atom. The number of aromatic nitrogens is 4. The summed E-state index contributed by atoms with van der Waals surface area (Å²) in [4.78, 5) is 28.5. The fourth-order valence-corrected chi connectivity index (χ4v) is 4.36. The topological polar surface area (TPSA) is 100 Å². The zero-order chi connectivity index (χ0) is 21.4. The van der Waals surface area contributed by atoms with Gasteiger partial charge in [0.2, 0.25) is 5.95 Å². The summed E-state index contributed by atoms with van der Waals surface area (Å²) < 4.78 is 2.05. The number of nitrogens with zero attached hydrogens (tertiary/aromatic N) is 5. The van der Waals surface area contributed by atoms with E-state index < -0.39 is 0 Å². The average Bonchev–Trinajstić information content (AvgIpc) is 2.95. The highest BCUT2D eigenvalue weighted by molar-refractivity contribution is 5.98. The summed E-state index contributed by atoms with van der Waals surface area (Å²) in [6, 6.07) is 6.07. The standard InChI is InChI=1S/C22H28N8O/c1-14(2)18-13-25-21(31)17-10-15-11-26-22(28-20(15)30(17)18)27-19-5-4-16(12-24-19)29-8-3-6-23-7-9-29/h4-5,10-12,14,18,23H,3,6-9,13H2,1-2H3,(H,25,31)(H,24,26,27,28). The maximum absolute atomic E-state index is 12.4. The van der Waals surface area contributed by atoms with Gasteiger partial charge in [-0.2, -0.15) is 4.98 Å². The van der Waals surface area contributed by atoms with E-state index in [2.05, 4.69) is 55.3 Å². The molecule has 2 aliphatic rings. The number of anilines is 3. The normalized spacial score (nSPS) is 19.3. The van der Waals surface area contributed by atoms with E-state index in [1.54, 1.807) is 6.20 Å². The molecule has 1 amide bonds. The first-order chi connectivity index (χ1) is 15.1. The fraction of sp³-hybridized carbons (Fsp3) is 0.455. The smallest absolute Gasteiger partial charge is 0.268 e. The molecule has 0 aromatic carbocycles. The Morgan fingerprint density at radius 2 is 2.06 bits per heavy atom. The molecule has 31 heavy (non-hydrogen) atoms. The molecular weight excluding hydrogens is 392 g/mol. The molecule has 1 unspecified atom stereocenters. The van der Waals surface area contributed by atoms with Crippen molar-refractivity contribution < 1.29 is 4.79 Å². The highest BCUT2D eigenvalue weighted by Crippen LogP contribution is 2.30. The fourth-order valence-electron chi connectivity index (χ4n) is 4.36. The number of carbonyl (C=O) groups is 1. The minimum atomic E-state index is -0.0645. The molecule has 0 aliphatic carbocycles. The van der Waals surface area contributed by atoms with Crippen LogP contribution in [0.5, 0.6) is 0 Å². The van der Waals surface area contributed by atoms with Crippen molar-refractivity contribution in [2.24, 2.45) is 5.92 Å². The van der Waals surface area contributed by atoms with Gasteiger partial charge >= 0.3 is 0 Å². The second kappa shape index (κ2) is 8.14. The number of pyridine rings is 1. The van der Waals surface area contributed by atoms with Gasteiger partial charge in [-0.15, -0.1) is 0 Å². The molecule has 1 fully saturated rings. The molecule has 1 atom stereocenters. The van der Waals surface area contributed by atoms with Gasteiger partial charge in [-0.05, 0) is 37.1 Å². The monoisotopic (exact) mass is 420 g/mol. The lowest BCUT2D eigenvalue weighted by Gasteiger charge is -2.29. The van der Waals surface area contributed by atoms with Crippen LogP contribution in [0.25, 0.3) is 11.0 Å². The summed E-state index contributed by atoms with van der Waals surface area (Å²) >= 11 is 0. The number of fused-ring (bicyclic) bond motifs is 3. The summed E-state index contributed by atoms with van der Waals surface area (Å²) in [5, 5.41) is 10.5. The van der Waals surface area contributed by atoms with Crippen LogP contribution in [0.3, 0.4) is 0 Å². The van der Waals surface area contributed by atoms with Crippen LogP contribution < -0.4 is 20.9 Å². The van der Waals surface area contributed by atoms with Crippen molar-refractivity contribution >= 4 is 34.4 Å². The van der Waals surface area contributed by atoms with Crippen LogP contribution in [0.15, 0.2) is 30.6 Å². The van der Waals surface area contributed by atoms with Crippen molar-refractivity contribution in [2.45, 2.75) is 26.3 Å². The number of hydrogen-bond acceptors (Lipinski definition) is 7. The second-order valence-corrected chi connectivity index (χ2v) is 8.51. The van der Waals surface area contributed by atoms with Crippen LogP contribution in [0.1, 0.15) is 36.8 Å². The van der Waals surface area contributed by atoms with Crippen LogP contribution in [-0.2, 0) is 0 Å². The van der Waals surface area contributed by atoms with Gasteiger partial charge in [0.05, 0.1) is 17.9 Å². The Morgan fingerprint density at radius 1 is 1.16 bits per heavy atom. The number of amides is 1. The Labute approximate surface area is 181 Å². The number of nitrogens with one attached hydrogen (secondary N) is 3. The third-order valence-corrected chi connectivity index (χ3v) is 6.07. The SMILES string of the molecule is CC(C)C1CNC(=O)c2cc3cnc(Nc4ccc(N5CCCNCC5)cn4)nc3n21. The van der Waals surface area contributed by atoms with Crippen molar-refractivity contribution in [3.63, 3.8) is 0 Å². The molecule has 0 saturated carbocycles. The molecule has 3 aromatic rings. The van der Waals surface area contributed by atoms with E-state index in [-0.39, 0.29) is 11.9 Å². The summed E-state index contributed by atoms with van der Waals surface area (Å²) in [6.45, 7) is 8.99. The van der Waals surface area contributed by atoms with Crippen LogP contribution in [0.4, 0.5) is 17.5 Å². The molecule has 5 rings (SSSR count). The van der Waals surface area contributed by atoms with E-state index in [1.807, 2.05) is 18.3 Å². The molecule has 0 radical (unpaired) electrons. The van der Waals surface area contributed by atoms with Gasteiger partial charge in [-0.25, -0.2) is 9.97 Å².